The molecule has 2 aliphatic heterocycles. The molecule has 0 aromatic carbocycles. The highest BCUT2D eigenvalue weighted by atomic mass is 16.7. The van der Waals surface area contributed by atoms with Crippen LogP contribution in [0.15, 0.2) is 0 Å². The van der Waals surface area contributed by atoms with E-state index in [1.54, 1.807) is 0 Å². The first-order valence-corrected chi connectivity index (χ1v) is 10.7. The molecule has 0 aromatic heterocycles. The van der Waals surface area contributed by atoms with Crippen molar-refractivity contribution in [1.82, 2.24) is 0 Å². The summed E-state index contributed by atoms with van der Waals surface area (Å²) in [5.74, 6) is 0. The van der Waals surface area contributed by atoms with Crippen LogP contribution in [0, 0.1) is 0 Å². The van der Waals surface area contributed by atoms with E-state index in [1.165, 1.54) is 0 Å². The smallest absolute Gasteiger partial charge is 0.187 e. The van der Waals surface area contributed by atoms with Crippen molar-refractivity contribution in [2.45, 2.75) is 98.2 Å². The minimum Gasteiger partial charge on any atom is -0.394 e. The SMILES string of the molecule is NC1[C@H](O)C(CO)O[C@H](OC2[C@H](N)CC(N)[C@@H](O[C@@H]3OC(CO)[C@@H](O)[C@H](O)C3O)[C@@H]2O)[C@@H]1O. The van der Waals surface area contributed by atoms with Gasteiger partial charge >= 0.3 is 0 Å². The van der Waals surface area contributed by atoms with Crippen LogP contribution < -0.4 is 17.2 Å². The van der Waals surface area contributed by atoms with Gasteiger partial charge in [-0.3, -0.25) is 0 Å². The number of aliphatic hydroxyl groups is 8. The van der Waals surface area contributed by atoms with Crippen molar-refractivity contribution in [1.29, 1.82) is 0 Å². The molecule has 2 heterocycles. The first-order valence-electron chi connectivity index (χ1n) is 10.7. The lowest BCUT2D eigenvalue weighted by atomic mass is 9.84. The molecule has 0 spiro atoms. The summed E-state index contributed by atoms with van der Waals surface area (Å²) >= 11 is 0. The number of hydrogen-bond acceptors (Lipinski definition) is 15. The van der Waals surface area contributed by atoms with Crippen molar-refractivity contribution in [2.24, 2.45) is 17.2 Å². The normalized spacial score (nSPS) is 53.7. The fraction of sp³-hybridized carbons (Fsp3) is 1.00. The van der Waals surface area contributed by atoms with Gasteiger partial charge in [-0.05, 0) is 6.42 Å². The van der Waals surface area contributed by atoms with Gasteiger partial charge in [0.15, 0.2) is 12.6 Å². The molecule has 1 aliphatic carbocycles. The summed E-state index contributed by atoms with van der Waals surface area (Å²) in [6.07, 6.45) is -17.2. The predicted molar refractivity (Wildman–Crippen MR) is 106 cm³/mol. The maximum atomic E-state index is 10.9. The van der Waals surface area contributed by atoms with Gasteiger partial charge in [0.25, 0.3) is 0 Å². The van der Waals surface area contributed by atoms with Gasteiger partial charge in [0.2, 0.25) is 0 Å². The van der Waals surface area contributed by atoms with Gasteiger partial charge < -0.3 is 77.0 Å². The monoisotopic (exact) mass is 485 g/mol. The van der Waals surface area contributed by atoms with E-state index < -0.39 is 105 Å². The van der Waals surface area contributed by atoms with Crippen LogP contribution in [0.25, 0.3) is 0 Å². The molecule has 3 fully saturated rings. The fourth-order valence-electron chi connectivity index (χ4n) is 4.36. The first kappa shape index (κ1) is 27.0. The second kappa shape index (κ2) is 11.0. The highest BCUT2D eigenvalue weighted by Crippen LogP contribution is 2.31. The molecule has 0 amide bonds. The Morgan fingerprint density at radius 2 is 1.06 bits per heavy atom. The third-order valence-corrected chi connectivity index (χ3v) is 6.43. The molecule has 194 valence electrons. The molecule has 14 N–H and O–H groups in total. The van der Waals surface area contributed by atoms with Crippen LogP contribution in [0.4, 0.5) is 0 Å². The second-order valence-electron chi connectivity index (χ2n) is 8.74. The van der Waals surface area contributed by atoms with Gasteiger partial charge in [-0.15, -0.1) is 0 Å². The Hall–Kier alpha value is -0.600. The van der Waals surface area contributed by atoms with Crippen molar-refractivity contribution < 1.29 is 59.8 Å². The first-order chi connectivity index (χ1) is 15.5. The van der Waals surface area contributed by atoms with E-state index in [2.05, 4.69) is 0 Å². The summed E-state index contributed by atoms with van der Waals surface area (Å²) in [5.41, 5.74) is 17.9. The van der Waals surface area contributed by atoms with Gasteiger partial charge in [0.1, 0.15) is 61.0 Å². The molecule has 2 saturated heterocycles. The lowest BCUT2D eigenvalue weighted by molar-refractivity contribution is -0.335. The third-order valence-electron chi connectivity index (χ3n) is 6.43. The summed E-state index contributed by atoms with van der Waals surface area (Å²) in [6.45, 7) is -1.27. The molecule has 3 aliphatic rings. The predicted octanol–water partition coefficient (Wildman–Crippen LogP) is -7.26. The molecule has 0 aromatic rings. The topological polar surface area (TPSA) is 277 Å². The van der Waals surface area contributed by atoms with Gasteiger partial charge in [-0.2, -0.15) is 0 Å². The quantitative estimate of drug-likeness (QED) is 0.167. The zero-order valence-corrected chi connectivity index (χ0v) is 17.7. The summed E-state index contributed by atoms with van der Waals surface area (Å²) in [4.78, 5) is 0. The van der Waals surface area contributed by atoms with E-state index in [9.17, 15) is 40.9 Å². The van der Waals surface area contributed by atoms with Gasteiger partial charge in [-0.25, -0.2) is 0 Å². The van der Waals surface area contributed by atoms with Crippen LogP contribution in [0.2, 0.25) is 0 Å². The van der Waals surface area contributed by atoms with Crippen LogP contribution in [0.3, 0.4) is 0 Å². The van der Waals surface area contributed by atoms with Gasteiger partial charge in [-0.1, -0.05) is 0 Å². The number of ether oxygens (including phenoxy) is 4. The Kier molecular flexibility index (Phi) is 8.99. The largest absolute Gasteiger partial charge is 0.394 e. The average Bonchev–Trinajstić information content (AvgIpc) is 2.79. The molecule has 6 unspecified atom stereocenters. The van der Waals surface area contributed by atoms with E-state index >= 15 is 0 Å². The number of nitrogens with two attached hydrogens (primary N) is 3. The maximum absolute atomic E-state index is 10.9. The van der Waals surface area contributed by atoms with Crippen molar-refractivity contribution in [3.05, 3.63) is 0 Å². The second-order valence-corrected chi connectivity index (χ2v) is 8.74. The number of hydrogen-bond donors (Lipinski definition) is 11. The van der Waals surface area contributed by atoms with Crippen LogP contribution in [0.5, 0.6) is 0 Å². The van der Waals surface area contributed by atoms with E-state index in [0.29, 0.717) is 0 Å². The molecule has 33 heavy (non-hydrogen) atoms. The van der Waals surface area contributed by atoms with Crippen LogP contribution >= 0.6 is 0 Å². The maximum Gasteiger partial charge on any atom is 0.187 e. The minimum atomic E-state index is -1.72. The van der Waals surface area contributed by atoms with Crippen LogP contribution in [-0.2, 0) is 18.9 Å². The highest BCUT2D eigenvalue weighted by molar-refractivity contribution is 5.01. The van der Waals surface area contributed by atoms with E-state index in [-0.39, 0.29) is 6.42 Å². The lowest BCUT2D eigenvalue weighted by Crippen LogP contribution is -2.68. The van der Waals surface area contributed by atoms with Crippen molar-refractivity contribution in [3.63, 3.8) is 0 Å². The van der Waals surface area contributed by atoms with Crippen LogP contribution in [0.1, 0.15) is 6.42 Å². The van der Waals surface area contributed by atoms with Gasteiger partial charge in [0.05, 0.1) is 19.3 Å². The molecular weight excluding hydrogens is 450 g/mol. The standard InChI is InChI=1S/C18H35N3O12/c19-4-1-5(20)16(33-18-13(28)12(27)10(25)7(3-23)31-18)14(29)15(4)32-17-11(26)8(21)9(24)6(2-22)30-17/h4-18,22-29H,1-3,19-21H2/t4-,5?,6?,7?,8?,9-,10-,11-,12+,13?,14-,15?,16-,17-,18+/m1/s1. The minimum absolute atomic E-state index is 0.0603. The van der Waals surface area contributed by atoms with E-state index in [4.69, 9.17) is 36.1 Å². The summed E-state index contributed by atoms with van der Waals surface area (Å²) in [6, 6.07) is -2.92. The lowest BCUT2D eigenvalue weighted by Gasteiger charge is -2.48. The molecule has 3 rings (SSSR count). The Morgan fingerprint density at radius 1 is 0.606 bits per heavy atom. The van der Waals surface area contributed by atoms with E-state index in [0.717, 1.165) is 0 Å². The molecule has 15 heteroatoms. The molecule has 1 saturated carbocycles. The summed E-state index contributed by atoms with van der Waals surface area (Å²) in [5, 5.41) is 80.0. The summed E-state index contributed by atoms with van der Waals surface area (Å²) < 4.78 is 22.0. The highest BCUT2D eigenvalue weighted by Gasteiger charge is 2.51. The van der Waals surface area contributed by atoms with Crippen molar-refractivity contribution >= 4 is 0 Å². The summed E-state index contributed by atoms with van der Waals surface area (Å²) in [7, 11) is 0. The number of rotatable bonds is 6. The Labute approximate surface area is 189 Å². The fourth-order valence-corrected chi connectivity index (χ4v) is 4.36. The third kappa shape index (κ3) is 5.32. The number of aliphatic hydroxyl groups excluding tert-OH is 8. The van der Waals surface area contributed by atoms with Crippen LogP contribution in [-0.4, -0.2) is 146 Å². The zero-order valence-electron chi connectivity index (χ0n) is 17.7. The average molecular weight is 485 g/mol. The Morgan fingerprint density at radius 3 is 1.55 bits per heavy atom. The molecule has 0 bridgehead atoms. The van der Waals surface area contributed by atoms with Crippen molar-refractivity contribution in [2.75, 3.05) is 13.2 Å². The van der Waals surface area contributed by atoms with Gasteiger partial charge in [0, 0.05) is 12.1 Å². The molecule has 15 atom stereocenters. The molecular formula is C18H35N3O12. The zero-order chi connectivity index (χ0) is 24.6. The van der Waals surface area contributed by atoms with Crippen molar-refractivity contribution in [3.8, 4) is 0 Å². The molecule has 15 nitrogen and oxygen atoms in total. The van der Waals surface area contributed by atoms with E-state index in [1.807, 2.05) is 0 Å². The Bertz CT molecular complexity index is 582. The molecule has 0 radical (unpaired) electrons. The Balaban J connectivity index is 1.72.